The first-order chi connectivity index (χ1) is 32.1. The number of hydrogen-bond donors (Lipinski definition) is 4. The van der Waals surface area contributed by atoms with Crippen molar-refractivity contribution in [2.45, 2.75) is 12.5 Å². The summed E-state index contributed by atoms with van der Waals surface area (Å²) in [5.74, 6) is -1.15. The van der Waals surface area contributed by atoms with Gasteiger partial charge in [-0.25, -0.2) is 4.99 Å². The number of benzene rings is 8. The first kappa shape index (κ1) is 40.9. The van der Waals surface area contributed by atoms with Crippen molar-refractivity contribution in [2.75, 3.05) is 0 Å². The zero-order valence-corrected chi connectivity index (χ0v) is 37.0. The van der Waals surface area contributed by atoms with Crippen molar-refractivity contribution in [1.82, 2.24) is 4.98 Å². The van der Waals surface area contributed by atoms with Crippen molar-refractivity contribution >= 4 is 118 Å². The van der Waals surface area contributed by atoms with E-state index in [0.29, 0.717) is 81.4 Å². The van der Waals surface area contributed by atoms with Gasteiger partial charge in [-0.3, -0.25) is 28.2 Å². The molecular formula is C45H23N3O16S4. The van der Waals surface area contributed by atoms with E-state index in [4.69, 9.17) is 31.7 Å². The molecule has 0 fully saturated rings. The molecule has 68 heavy (non-hydrogen) atoms. The number of rotatable bonds is 8. The standard InChI is InChI=1S/C45H23N3O16S4/c49-65(50,51)61-23-7-5-18-12-26-20(9-21(18)11-23)6-8-25-36-28-14-31-37-29(27(28)15-34(64-68(58,59)60)44(36)47-42(25)26)16-33(63-67(55,56)57)40-39(37)30(17-46-31)38-32(62-66(52,53)54)13-22-10-19-3-1-2-4-24(19)43-35(22)41(38)45(40)48-43/h1-10,12-17,45H,11H2,(H,49,50,51)(H,52,53,54)(H,55,56,57)(H,58,59,60). The van der Waals surface area contributed by atoms with Crippen molar-refractivity contribution < 1.29 is 68.6 Å². The number of pyridine rings is 1. The molecule has 0 spiro atoms. The third kappa shape index (κ3) is 6.11. The second-order valence-electron chi connectivity index (χ2n) is 16.5. The highest BCUT2D eigenvalue weighted by molar-refractivity contribution is 7.81. The zero-order valence-electron chi connectivity index (χ0n) is 33.7. The monoisotopic (exact) mass is 989 g/mol. The van der Waals surface area contributed by atoms with Crippen molar-refractivity contribution in [3.05, 3.63) is 140 Å². The molecule has 0 saturated carbocycles. The first-order valence-electron chi connectivity index (χ1n) is 20.0. The minimum Gasteiger partial charge on any atom is -0.366 e. The van der Waals surface area contributed by atoms with Gasteiger partial charge in [-0.05, 0) is 85.6 Å². The molecule has 8 aromatic carbocycles. The van der Waals surface area contributed by atoms with Gasteiger partial charge in [0.25, 0.3) is 0 Å². The summed E-state index contributed by atoms with van der Waals surface area (Å²) in [5.41, 5.74) is 2.28. The molecule has 338 valence electrons. The van der Waals surface area contributed by atoms with E-state index in [1.165, 1.54) is 30.5 Å². The van der Waals surface area contributed by atoms with Crippen molar-refractivity contribution in [2.24, 2.45) is 9.98 Å². The Bertz CT molecular complexity index is 4840. The molecule has 0 radical (unpaired) electrons. The van der Waals surface area contributed by atoms with Crippen LogP contribution >= 0.6 is 0 Å². The molecule has 0 amide bonds. The van der Waals surface area contributed by atoms with E-state index in [1.54, 1.807) is 48.5 Å². The Balaban J connectivity index is 1.16. The number of allylic oxidation sites excluding steroid dienone is 2. The molecule has 0 saturated heterocycles. The van der Waals surface area contributed by atoms with E-state index in [0.717, 1.165) is 5.39 Å². The normalized spacial score (nSPS) is 15.8. The SMILES string of the molecule is O=S(=O)(O)OC1=CC=c2cc3c4c(ccc3cc2C1)-c1c(c(OS(=O)(=O)O)cc2c1cc1ncc3c5c(c(OS(=O)(=O)O)cc2c15)C1N=c2c5ccccc5cc5cc(OS(=O)(=O)O)c=3c1c25)N=4. The van der Waals surface area contributed by atoms with E-state index in [1.807, 2.05) is 18.2 Å². The highest BCUT2D eigenvalue weighted by Gasteiger charge is 2.37. The van der Waals surface area contributed by atoms with Gasteiger partial charge in [0.2, 0.25) is 0 Å². The van der Waals surface area contributed by atoms with Gasteiger partial charge in [0.1, 0.15) is 17.5 Å². The van der Waals surface area contributed by atoms with Gasteiger partial charge >= 0.3 is 41.6 Å². The maximum atomic E-state index is 12.8. The van der Waals surface area contributed by atoms with Crippen LogP contribution in [0.2, 0.25) is 0 Å². The summed E-state index contributed by atoms with van der Waals surface area (Å²) in [7, 11) is -20.4. The average Bonchev–Trinajstić information content (AvgIpc) is 3.84. The van der Waals surface area contributed by atoms with Crippen LogP contribution < -0.4 is 28.5 Å². The third-order valence-corrected chi connectivity index (χ3v) is 14.2. The molecule has 23 heteroatoms. The van der Waals surface area contributed by atoms with Crippen LogP contribution in [-0.2, 0) is 52.2 Å². The van der Waals surface area contributed by atoms with Crippen LogP contribution in [0.4, 0.5) is 5.69 Å². The predicted octanol–water partition coefficient (Wildman–Crippen LogP) is 5.56. The van der Waals surface area contributed by atoms with E-state index in [2.05, 4.69) is 0 Å². The summed E-state index contributed by atoms with van der Waals surface area (Å²) in [4.78, 5) is 14.8. The Hall–Kier alpha value is -7.35. The molecule has 4 aliphatic rings. The fourth-order valence-electron chi connectivity index (χ4n) is 10.4. The minimum atomic E-state index is -5.29. The molecule has 2 aliphatic carbocycles. The maximum Gasteiger partial charge on any atom is 0.446 e. The van der Waals surface area contributed by atoms with Crippen LogP contribution in [0, 0.1) is 10.4 Å². The molecule has 2 aliphatic heterocycles. The summed E-state index contributed by atoms with van der Waals surface area (Å²) in [6, 6.07) is 20.8. The van der Waals surface area contributed by atoms with Gasteiger partial charge in [-0.2, -0.15) is 33.7 Å². The van der Waals surface area contributed by atoms with Gasteiger partial charge in [0.05, 0.1) is 16.2 Å². The van der Waals surface area contributed by atoms with Gasteiger partial charge < -0.3 is 16.7 Å². The van der Waals surface area contributed by atoms with E-state index >= 15 is 0 Å². The van der Waals surface area contributed by atoms with E-state index in [-0.39, 0.29) is 55.8 Å². The van der Waals surface area contributed by atoms with Crippen LogP contribution in [0.25, 0.3) is 82.0 Å². The zero-order chi connectivity index (χ0) is 47.1. The lowest BCUT2D eigenvalue weighted by Gasteiger charge is -2.25. The fourth-order valence-corrected chi connectivity index (χ4v) is 11.9. The molecule has 3 heterocycles. The number of nitrogens with zero attached hydrogens (tertiary/aromatic N) is 3. The molecule has 19 nitrogen and oxygen atoms in total. The second-order valence-corrected chi connectivity index (χ2v) is 20.5. The molecule has 1 atom stereocenters. The van der Waals surface area contributed by atoms with Crippen LogP contribution in [0.3, 0.4) is 0 Å². The van der Waals surface area contributed by atoms with Crippen molar-refractivity contribution in [3.8, 4) is 28.4 Å². The van der Waals surface area contributed by atoms with Gasteiger partial charge in [0.15, 0.2) is 17.2 Å². The Labute approximate surface area is 380 Å². The number of aromatic nitrogens is 1. The van der Waals surface area contributed by atoms with Crippen LogP contribution in [0.5, 0.6) is 17.2 Å². The Kier molecular flexibility index (Phi) is 7.94. The fraction of sp³-hybridized carbons (Fsp3) is 0.0444. The highest BCUT2D eigenvalue weighted by atomic mass is 32.3. The van der Waals surface area contributed by atoms with Gasteiger partial charge in [0, 0.05) is 72.2 Å². The molecule has 13 rings (SSSR count). The molecule has 9 aromatic rings. The second kappa shape index (κ2) is 13.2. The Morgan fingerprint density at radius 1 is 0.559 bits per heavy atom. The van der Waals surface area contributed by atoms with E-state index in [9.17, 15) is 51.9 Å². The third-order valence-electron chi connectivity index (χ3n) is 12.6. The summed E-state index contributed by atoms with van der Waals surface area (Å²) < 4.78 is 159. The lowest BCUT2D eigenvalue weighted by molar-refractivity contribution is 0.326. The lowest BCUT2D eigenvalue weighted by atomic mass is 9.82. The average molecular weight is 990 g/mol. The largest absolute Gasteiger partial charge is 0.446 e. The van der Waals surface area contributed by atoms with Crippen LogP contribution in [0.15, 0.2) is 107 Å². The first-order valence-corrected chi connectivity index (χ1v) is 25.4. The van der Waals surface area contributed by atoms with Crippen molar-refractivity contribution in [1.29, 1.82) is 0 Å². The highest BCUT2D eigenvalue weighted by Crippen LogP contribution is 2.54. The molecule has 4 N–H and O–H groups in total. The number of fused-ring (bicyclic) bond motifs is 12. The summed E-state index contributed by atoms with van der Waals surface area (Å²) in [6.07, 6.45) is 4.44. The molecule has 0 bridgehead atoms. The molecule has 1 unspecified atom stereocenters. The van der Waals surface area contributed by atoms with Gasteiger partial charge in [-0.15, -0.1) is 0 Å². The number of hydrogen-bond acceptors (Lipinski definition) is 15. The molecule has 1 aromatic heterocycles. The summed E-state index contributed by atoms with van der Waals surface area (Å²) >= 11 is 0. The topological polar surface area (TPSA) is 292 Å². The minimum absolute atomic E-state index is 0.00582. The van der Waals surface area contributed by atoms with E-state index < -0.39 is 59.1 Å². The molecular weight excluding hydrogens is 967 g/mol. The van der Waals surface area contributed by atoms with Crippen LogP contribution in [-0.4, -0.2) is 56.9 Å². The lowest BCUT2D eigenvalue weighted by Crippen LogP contribution is -2.18. The van der Waals surface area contributed by atoms with Crippen molar-refractivity contribution in [3.63, 3.8) is 0 Å². The summed E-state index contributed by atoms with van der Waals surface area (Å²) in [6.45, 7) is 0. The Morgan fingerprint density at radius 2 is 1.26 bits per heavy atom. The van der Waals surface area contributed by atoms with Gasteiger partial charge in [-0.1, -0.05) is 48.5 Å². The summed E-state index contributed by atoms with van der Waals surface area (Å²) in [5, 5.41) is 6.90. The smallest absolute Gasteiger partial charge is 0.366 e. The quantitative estimate of drug-likeness (QED) is 0.0823. The Morgan fingerprint density at radius 3 is 2.03 bits per heavy atom. The van der Waals surface area contributed by atoms with Crippen LogP contribution in [0.1, 0.15) is 22.7 Å². The maximum absolute atomic E-state index is 12.8. The predicted molar refractivity (Wildman–Crippen MR) is 243 cm³/mol.